The molecular formula is C67H120O16P2. The van der Waals surface area contributed by atoms with Crippen LogP contribution in [0, 0.1) is 0 Å². The van der Waals surface area contributed by atoms with Crippen molar-refractivity contribution < 1.29 is 75.8 Å². The van der Waals surface area contributed by atoms with Crippen LogP contribution in [0.5, 0.6) is 0 Å². The summed E-state index contributed by atoms with van der Waals surface area (Å²) in [5.74, 6) is -1.58. The number of allylic oxidation sites excluding steroid dienone is 12. The van der Waals surface area contributed by atoms with E-state index < -0.39 is 91.5 Å². The summed E-state index contributed by atoms with van der Waals surface area (Å²) < 4.78 is 60.7. The van der Waals surface area contributed by atoms with Gasteiger partial charge in [0.2, 0.25) is 0 Å². The van der Waals surface area contributed by atoms with Gasteiger partial charge in [-0.05, 0) is 70.6 Å². The molecule has 494 valence electrons. The fourth-order valence-corrected chi connectivity index (χ4v) is 10.5. The molecule has 0 saturated carbocycles. The van der Waals surface area contributed by atoms with Crippen LogP contribution in [0.2, 0.25) is 0 Å². The molecule has 5 atom stereocenters. The van der Waals surface area contributed by atoms with Gasteiger partial charge in [-0.3, -0.25) is 32.5 Å². The highest BCUT2D eigenvalue weighted by molar-refractivity contribution is 7.47. The molecule has 16 nitrogen and oxygen atoms in total. The third kappa shape index (κ3) is 62.4. The van der Waals surface area contributed by atoms with Crippen LogP contribution in [0.3, 0.4) is 0 Å². The van der Waals surface area contributed by atoms with Crippen molar-refractivity contribution in [3.05, 3.63) is 72.9 Å². The van der Waals surface area contributed by atoms with Crippen molar-refractivity contribution in [1.82, 2.24) is 0 Å². The lowest BCUT2D eigenvalue weighted by molar-refractivity contribution is -0.161. The summed E-state index contributed by atoms with van der Waals surface area (Å²) in [7, 11) is -9.76. The number of carbonyl (C=O) groups excluding carboxylic acids is 3. The SMILES string of the molecule is CC/C=C\C/C=C\C/C=C\C/C=C\C/C=C\C/C=C\CCCCCCC(=O)OCC(O)COP(=O)(O)OCC(O)COP(=O)(O)OCC(COC(=O)CCCCCCCCCCCCCCCCC)OC(=O)CCCCCCCCCCCCC. The van der Waals surface area contributed by atoms with Crippen molar-refractivity contribution in [1.29, 1.82) is 0 Å². The number of hydrogen-bond acceptors (Lipinski definition) is 14. The van der Waals surface area contributed by atoms with E-state index in [-0.39, 0.29) is 19.3 Å². The summed E-state index contributed by atoms with van der Waals surface area (Å²) in [6.07, 6.45) is 62.5. The summed E-state index contributed by atoms with van der Waals surface area (Å²) in [6, 6.07) is 0. The van der Waals surface area contributed by atoms with Crippen molar-refractivity contribution in [2.45, 2.75) is 296 Å². The quantitative estimate of drug-likeness (QED) is 0.0146. The number of ether oxygens (including phenoxy) is 3. The lowest BCUT2D eigenvalue weighted by atomic mass is 10.0. The van der Waals surface area contributed by atoms with E-state index in [1.807, 2.05) is 0 Å². The molecule has 0 radical (unpaired) electrons. The standard InChI is InChI=1S/C67H120O16P2/c1-4-7-10-13-16-19-22-24-26-27-28-29-30-31-32-33-35-37-39-41-44-47-50-53-65(70)77-56-62(68)57-79-84(73,74)80-58-63(69)59-81-85(75,76)82-61-64(83-67(72)55-52-49-46-43-38-21-18-15-12-9-6-3)60-78-66(71)54-51-48-45-42-40-36-34-25-23-20-17-14-11-8-5-2/h7,10,16,19,24,26,28-29,31-32,35,37,62-64,68-69H,4-6,8-9,11-15,17-18,20-23,25,27,30,33-34,36,38-61H2,1-3H3,(H,73,74)(H,75,76)/b10-7-,19-16-,26-24-,29-28-,32-31-,37-35-. The molecule has 0 aliphatic rings. The molecular weight excluding hydrogens is 1120 g/mol. The van der Waals surface area contributed by atoms with Gasteiger partial charge in [-0.25, -0.2) is 9.13 Å². The van der Waals surface area contributed by atoms with Crippen molar-refractivity contribution in [2.75, 3.05) is 39.6 Å². The third-order valence-corrected chi connectivity index (χ3v) is 15.8. The molecule has 4 N–H and O–H groups in total. The number of phosphoric ester groups is 2. The summed E-state index contributed by atoms with van der Waals surface area (Å²) >= 11 is 0. The van der Waals surface area contributed by atoms with E-state index in [0.29, 0.717) is 19.3 Å². The highest BCUT2D eigenvalue weighted by Crippen LogP contribution is 2.45. The number of phosphoric acid groups is 2. The molecule has 0 aromatic rings. The molecule has 18 heteroatoms. The van der Waals surface area contributed by atoms with E-state index in [4.69, 9.17) is 32.3 Å². The Hall–Kier alpha value is -3.01. The van der Waals surface area contributed by atoms with Crippen molar-refractivity contribution in [3.8, 4) is 0 Å². The first kappa shape index (κ1) is 82.0. The van der Waals surface area contributed by atoms with Crippen molar-refractivity contribution in [3.63, 3.8) is 0 Å². The van der Waals surface area contributed by atoms with Crippen molar-refractivity contribution in [2.24, 2.45) is 0 Å². The second-order valence-electron chi connectivity index (χ2n) is 22.3. The lowest BCUT2D eigenvalue weighted by Gasteiger charge is -2.21. The van der Waals surface area contributed by atoms with E-state index in [1.54, 1.807) is 0 Å². The Kier molecular flexibility index (Phi) is 59.1. The van der Waals surface area contributed by atoms with E-state index in [9.17, 15) is 43.5 Å². The van der Waals surface area contributed by atoms with Crippen LogP contribution in [-0.4, -0.2) is 95.9 Å². The van der Waals surface area contributed by atoms with E-state index in [1.165, 1.54) is 109 Å². The molecule has 0 amide bonds. The summed E-state index contributed by atoms with van der Waals surface area (Å²) in [5, 5.41) is 20.5. The van der Waals surface area contributed by atoms with Crippen LogP contribution in [0.4, 0.5) is 0 Å². The fourth-order valence-electron chi connectivity index (χ4n) is 8.87. The Labute approximate surface area is 515 Å². The highest BCUT2D eigenvalue weighted by atomic mass is 31.2. The number of carbonyl (C=O) groups is 3. The van der Waals surface area contributed by atoms with Crippen LogP contribution in [0.25, 0.3) is 0 Å². The number of aliphatic hydroxyl groups excluding tert-OH is 2. The second kappa shape index (κ2) is 61.2. The molecule has 5 unspecified atom stereocenters. The van der Waals surface area contributed by atoms with Gasteiger partial charge in [0, 0.05) is 19.3 Å². The maximum atomic E-state index is 12.8. The molecule has 0 spiro atoms. The van der Waals surface area contributed by atoms with Gasteiger partial charge in [-0.2, -0.15) is 0 Å². The number of hydrogen-bond donors (Lipinski definition) is 4. The van der Waals surface area contributed by atoms with Gasteiger partial charge >= 0.3 is 33.6 Å². The largest absolute Gasteiger partial charge is 0.472 e. The fraction of sp³-hybridized carbons (Fsp3) is 0.776. The normalized spacial score (nSPS) is 14.8. The van der Waals surface area contributed by atoms with Crippen LogP contribution >= 0.6 is 15.6 Å². The summed E-state index contributed by atoms with van der Waals surface area (Å²) in [5.41, 5.74) is 0. The van der Waals surface area contributed by atoms with Gasteiger partial charge in [-0.1, -0.05) is 261 Å². The van der Waals surface area contributed by atoms with Crippen LogP contribution < -0.4 is 0 Å². The van der Waals surface area contributed by atoms with Gasteiger partial charge in [0.25, 0.3) is 0 Å². The molecule has 0 aliphatic heterocycles. The molecule has 0 fully saturated rings. The first-order chi connectivity index (χ1) is 41.2. The van der Waals surface area contributed by atoms with E-state index >= 15 is 0 Å². The van der Waals surface area contributed by atoms with Crippen LogP contribution in [0.15, 0.2) is 72.9 Å². The molecule has 0 aromatic carbocycles. The molecule has 0 saturated heterocycles. The van der Waals surface area contributed by atoms with Gasteiger partial charge in [0.1, 0.15) is 25.4 Å². The van der Waals surface area contributed by atoms with E-state index in [2.05, 4.69) is 93.7 Å². The van der Waals surface area contributed by atoms with Gasteiger partial charge < -0.3 is 34.2 Å². The molecule has 0 bridgehead atoms. The maximum Gasteiger partial charge on any atom is 0.472 e. The summed E-state index contributed by atoms with van der Waals surface area (Å²) in [6.45, 7) is 2.53. The highest BCUT2D eigenvalue weighted by Gasteiger charge is 2.29. The molecule has 0 aromatic heterocycles. The Morgan fingerprint density at radius 1 is 0.341 bits per heavy atom. The van der Waals surface area contributed by atoms with Gasteiger partial charge in [0.15, 0.2) is 6.10 Å². The maximum absolute atomic E-state index is 12.8. The van der Waals surface area contributed by atoms with Gasteiger partial charge in [-0.15, -0.1) is 0 Å². The smallest absolute Gasteiger partial charge is 0.463 e. The second-order valence-corrected chi connectivity index (χ2v) is 25.2. The first-order valence-electron chi connectivity index (χ1n) is 33.2. The Morgan fingerprint density at radius 2 is 0.624 bits per heavy atom. The molecule has 0 rings (SSSR count). The predicted octanol–water partition coefficient (Wildman–Crippen LogP) is 18.0. The average Bonchev–Trinajstić information content (AvgIpc) is 3.60. The Morgan fingerprint density at radius 3 is 0.988 bits per heavy atom. The Bertz CT molecular complexity index is 1850. The zero-order valence-corrected chi connectivity index (χ0v) is 55.1. The topological polar surface area (TPSA) is 231 Å². The number of rotatable bonds is 63. The first-order valence-corrected chi connectivity index (χ1v) is 36.2. The zero-order valence-electron chi connectivity index (χ0n) is 53.3. The molecule has 0 aliphatic carbocycles. The monoisotopic (exact) mass is 1240 g/mol. The van der Waals surface area contributed by atoms with Crippen LogP contribution in [0.1, 0.15) is 278 Å². The number of esters is 3. The molecule has 0 heterocycles. The Balaban J connectivity index is 4.55. The zero-order chi connectivity index (χ0) is 62.4. The number of unbranched alkanes of at least 4 members (excludes halogenated alkanes) is 28. The minimum absolute atomic E-state index is 0.110. The van der Waals surface area contributed by atoms with E-state index in [0.717, 1.165) is 109 Å². The summed E-state index contributed by atoms with van der Waals surface area (Å²) in [4.78, 5) is 58.2. The minimum atomic E-state index is -4.91. The minimum Gasteiger partial charge on any atom is -0.463 e. The average molecular weight is 1240 g/mol. The predicted molar refractivity (Wildman–Crippen MR) is 344 cm³/mol. The van der Waals surface area contributed by atoms with Crippen molar-refractivity contribution >= 4 is 33.6 Å². The van der Waals surface area contributed by atoms with Crippen LogP contribution in [-0.2, 0) is 55.8 Å². The lowest BCUT2D eigenvalue weighted by Crippen LogP contribution is -2.30. The molecule has 85 heavy (non-hydrogen) atoms. The number of aliphatic hydroxyl groups is 2. The van der Waals surface area contributed by atoms with Gasteiger partial charge in [0.05, 0.1) is 26.4 Å². The third-order valence-electron chi connectivity index (χ3n) is 13.9.